The van der Waals surface area contributed by atoms with Crippen LogP contribution in [0.4, 0.5) is 0 Å². The molecule has 6 nitrogen and oxygen atoms in total. The molecule has 0 radical (unpaired) electrons. The van der Waals surface area contributed by atoms with Gasteiger partial charge in [-0.05, 0) is 25.5 Å². The van der Waals surface area contributed by atoms with Gasteiger partial charge in [0.15, 0.2) is 0 Å². The van der Waals surface area contributed by atoms with E-state index in [2.05, 4.69) is 4.72 Å². The molecule has 1 aromatic heterocycles. The minimum absolute atomic E-state index is 0.191. The molecule has 0 amide bonds. The molecule has 1 aromatic rings. The molecule has 1 atom stereocenters. The number of carbonyl (C=O) groups is 1. The van der Waals surface area contributed by atoms with Crippen LogP contribution >= 0.6 is 22.9 Å². The van der Waals surface area contributed by atoms with Gasteiger partial charge in [-0.15, -0.1) is 11.3 Å². The van der Waals surface area contributed by atoms with Crippen LogP contribution in [0.2, 0.25) is 4.34 Å². The summed E-state index contributed by atoms with van der Waals surface area (Å²) >= 11 is 6.78. The lowest BCUT2D eigenvalue weighted by Gasteiger charge is -2.15. The van der Waals surface area contributed by atoms with E-state index in [0.717, 1.165) is 11.3 Å². The van der Waals surface area contributed by atoms with Gasteiger partial charge in [0.25, 0.3) is 0 Å². The molecule has 2 rings (SSSR count). The normalized spacial score (nSPS) is 19.8. The first kappa shape index (κ1) is 16.7. The van der Waals surface area contributed by atoms with Gasteiger partial charge >= 0.3 is 5.97 Å². The van der Waals surface area contributed by atoms with E-state index in [0.29, 0.717) is 30.5 Å². The number of sulfonamides is 1. The number of hydrogen-bond donors (Lipinski definition) is 1. The summed E-state index contributed by atoms with van der Waals surface area (Å²) in [5.74, 6) is -0.286. The van der Waals surface area contributed by atoms with Gasteiger partial charge in [-0.25, -0.2) is 13.1 Å². The van der Waals surface area contributed by atoms with Crippen molar-refractivity contribution in [1.29, 1.82) is 0 Å². The van der Waals surface area contributed by atoms with E-state index in [1.165, 1.54) is 6.07 Å². The van der Waals surface area contributed by atoms with Gasteiger partial charge in [-0.3, -0.25) is 9.69 Å². The first-order valence-electron chi connectivity index (χ1n) is 6.56. The van der Waals surface area contributed by atoms with Gasteiger partial charge in [0.1, 0.15) is 4.21 Å². The van der Waals surface area contributed by atoms with E-state index in [9.17, 15) is 13.2 Å². The minimum Gasteiger partial charge on any atom is -0.465 e. The summed E-state index contributed by atoms with van der Waals surface area (Å²) in [5.41, 5.74) is 0. The Bertz CT molecular complexity index is 602. The maximum Gasteiger partial charge on any atom is 0.320 e. The molecule has 0 aliphatic carbocycles. The van der Waals surface area contributed by atoms with Crippen molar-refractivity contribution in [3.63, 3.8) is 0 Å². The number of nitrogens with zero attached hydrogens (tertiary/aromatic N) is 1. The Hall–Kier alpha value is -0.670. The Balaban J connectivity index is 1.89. The highest BCUT2D eigenvalue weighted by molar-refractivity contribution is 7.91. The van der Waals surface area contributed by atoms with Crippen LogP contribution in [-0.2, 0) is 19.6 Å². The summed E-state index contributed by atoms with van der Waals surface area (Å²) in [4.78, 5) is 13.3. The number of carbonyl (C=O) groups excluding carboxylic acids is 1. The van der Waals surface area contributed by atoms with Crippen LogP contribution in [0, 0.1) is 0 Å². The zero-order valence-corrected chi connectivity index (χ0v) is 13.9. The molecule has 1 unspecified atom stereocenters. The average molecular weight is 353 g/mol. The maximum atomic E-state index is 12.2. The van der Waals surface area contributed by atoms with Crippen molar-refractivity contribution in [2.24, 2.45) is 0 Å². The highest BCUT2D eigenvalue weighted by Crippen LogP contribution is 2.26. The largest absolute Gasteiger partial charge is 0.465 e. The van der Waals surface area contributed by atoms with Gasteiger partial charge in [0.2, 0.25) is 10.0 Å². The molecule has 9 heteroatoms. The Kier molecular flexibility index (Phi) is 5.61. The SMILES string of the molecule is CCOC(=O)CN1CCC(NS(=O)(=O)c2ccc(Cl)s2)C1. The van der Waals surface area contributed by atoms with Crippen LogP contribution < -0.4 is 4.72 Å². The second kappa shape index (κ2) is 7.06. The zero-order valence-electron chi connectivity index (χ0n) is 11.5. The fraction of sp³-hybridized carbons (Fsp3) is 0.583. The van der Waals surface area contributed by atoms with Crippen LogP contribution in [0.5, 0.6) is 0 Å². The van der Waals surface area contributed by atoms with Crippen molar-refractivity contribution in [2.45, 2.75) is 23.6 Å². The van der Waals surface area contributed by atoms with E-state index < -0.39 is 10.0 Å². The summed E-state index contributed by atoms with van der Waals surface area (Å²) in [5, 5.41) is 0. The van der Waals surface area contributed by atoms with Gasteiger partial charge in [-0.2, -0.15) is 0 Å². The van der Waals surface area contributed by atoms with Crippen molar-refractivity contribution in [3.8, 4) is 0 Å². The van der Waals surface area contributed by atoms with Crippen LogP contribution in [0.15, 0.2) is 16.3 Å². The van der Waals surface area contributed by atoms with Crippen molar-refractivity contribution in [2.75, 3.05) is 26.2 Å². The van der Waals surface area contributed by atoms with E-state index in [4.69, 9.17) is 16.3 Å². The highest BCUT2D eigenvalue weighted by atomic mass is 35.5. The van der Waals surface area contributed by atoms with Gasteiger partial charge in [0, 0.05) is 19.1 Å². The smallest absolute Gasteiger partial charge is 0.320 e. The standard InChI is InChI=1S/C12H17ClN2O4S2/c1-2-19-11(16)8-15-6-5-9(7-15)14-21(17,18)12-4-3-10(13)20-12/h3-4,9,14H,2,5-8H2,1H3. The predicted octanol–water partition coefficient (Wildman–Crippen LogP) is 1.32. The molecule has 0 bridgehead atoms. The Morgan fingerprint density at radius 2 is 2.33 bits per heavy atom. The average Bonchev–Trinajstić information content (AvgIpc) is 2.99. The third kappa shape index (κ3) is 4.65. The number of halogens is 1. The molecular formula is C12H17ClN2O4S2. The molecule has 1 aliphatic rings. The van der Waals surface area contributed by atoms with Crippen LogP contribution in [-0.4, -0.2) is 51.6 Å². The van der Waals surface area contributed by atoms with Gasteiger partial charge in [-0.1, -0.05) is 11.6 Å². The quantitative estimate of drug-likeness (QED) is 0.781. The Morgan fingerprint density at radius 3 is 2.95 bits per heavy atom. The van der Waals surface area contributed by atoms with Crippen LogP contribution in [0.3, 0.4) is 0 Å². The molecule has 2 heterocycles. The summed E-state index contributed by atoms with van der Waals surface area (Å²) in [6.07, 6.45) is 0.664. The summed E-state index contributed by atoms with van der Waals surface area (Å²) in [6.45, 7) is 3.46. The second-order valence-corrected chi connectivity index (χ2v) is 8.36. The molecule has 1 saturated heterocycles. The topological polar surface area (TPSA) is 75.7 Å². The maximum absolute atomic E-state index is 12.2. The molecule has 0 spiro atoms. The first-order valence-corrected chi connectivity index (χ1v) is 9.24. The van der Waals surface area contributed by atoms with E-state index >= 15 is 0 Å². The molecule has 0 saturated carbocycles. The van der Waals surface area contributed by atoms with Crippen molar-refractivity contribution in [3.05, 3.63) is 16.5 Å². The third-order valence-electron chi connectivity index (χ3n) is 3.07. The summed E-state index contributed by atoms with van der Waals surface area (Å²) < 4.78 is 32.5. The van der Waals surface area contributed by atoms with Crippen LogP contribution in [0.1, 0.15) is 13.3 Å². The first-order chi connectivity index (χ1) is 9.90. The fourth-order valence-electron chi connectivity index (χ4n) is 2.18. The van der Waals surface area contributed by atoms with Crippen molar-refractivity contribution < 1.29 is 17.9 Å². The predicted molar refractivity (Wildman–Crippen MR) is 81.1 cm³/mol. The molecule has 1 N–H and O–H groups in total. The van der Waals surface area contributed by atoms with Gasteiger partial charge < -0.3 is 4.74 Å². The third-order valence-corrected chi connectivity index (χ3v) is 6.31. The molecular weight excluding hydrogens is 336 g/mol. The zero-order chi connectivity index (χ0) is 15.5. The van der Waals surface area contributed by atoms with Crippen molar-refractivity contribution in [1.82, 2.24) is 9.62 Å². The number of thiophene rings is 1. The number of ether oxygens (including phenoxy) is 1. The van der Waals surface area contributed by atoms with E-state index in [1.54, 1.807) is 13.0 Å². The monoisotopic (exact) mass is 352 g/mol. The van der Waals surface area contributed by atoms with Crippen LogP contribution in [0.25, 0.3) is 0 Å². The fourth-order valence-corrected chi connectivity index (χ4v) is 4.94. The lowest BCUT2D eigenvalue weighted by atomic mass is 10.3. The summed E-state index contributed by atoms with van der Waals surface area (Å²) in [7, 11) is -3.54. The molecule has 1 fully saturated rings. The Labute approximate surface area is 133 Å². The van der Waals surface area contributed by atoms with E-state index in [1.807, 2.05) is 4.90 Å². The number of rotatable bonds is 6. The Morgan fingerprint density at radius 1 is 1.57 bits per heavy atom. The second-order valence-electron chi connectivity index (χ2n) is 4.71. The highest BCUT2D eigenvalue weighted by Gasteiger charge is 2.29. The molecule has 0 aromatic carbocycles. The molecule has 21 heavy (non-hydrogen) atoms. The van der Waals surface area contributed by atoms with Crippen molar-refractivity contribution >= 4 is 38.9 Å². The number of hydrogen-bond acceptors (Lipinski definition) is 6. The minimum atomic E-state index is -3.54. The summed E-state index contributed by atoms with van der Waals surface area (Å²) in [6, 6.07) is 2.84. The molecule has 118 valence electrons. The number of likely N-dealkylation sites (tertiary alicyclic amines) is 1. The number of esters is 1. The van der Waals surface area contributed by atoms with Gasteiger partial charge in [0.05, 0.1) is 17.5 Å². The molecule has 1 aliphatic heterocycles. The lowest BCUT2D eigenvalue weighted by Crippen LogP contribution is -2.38. The number of nitrogens with one attached hydrogen (secondary N) is 1. The van der Waals surface area contributed by atoms with E-state index in [-0.39, 0.29) is 22.8 Å². The lowest BCUT2D eigenvalue weighted by molar-refractivity contribution is -0.144.